The Morgan fingerprint density at radius 2 is 1.83 bits per heavy atom. The Labute approximate surface area is 174 Å². The van der Waals surface area contributed by atoms with E-state index in [1.165, 1.54) is 10.7 Å². The number of aromatic nitrogens is 2. The fourth-order valence-corrected chi connectivity index (χ4v) is 3.72. The number of benzene rings is 2. The highest BCUT2D eigenvalue weighted by atomic mass is 16.5. The van der Waals surface area contributed by atoms with E-state index in [4.69, 9.17) is 9.47 Å². The van der Waals surface area contributed by atoms with Gasteiger partial charge >= 0.3 is 0 Å². The van der Waals surface area contributed by atoms with E-state index in [1.54, 1.807) is 37.3 Å². The second kappa shape index (κ2) is 8.41. The van der Waals surface area contributed by atoms with E-state index >= 15 is 0 Å². The number of anilines is 1. The van der Waals surface area contributed by atoms with E-state index in [-0.39, 0.29) is 18.0 Å². The topological polar surface area (TPSA) is 73.7 Å². The predicted octanol–water partition coefficient (Wildman–Crippen LogP) is 2.91. The van der Waals surface area contributed by atoms with Crippen molar-refractivity contribution in [3.8, 4) is 22.8 Å². The molecule has 0 saturated heterocycles. The lowest BCUT2D eigenvalue weighted by atomic mass is 10.0. The molecule has 0 spiro atoms. The summed E-state index contributed by atoms with van der Waals surface area (Å²) in [4.78, 5) is 27.1. The smallest absolute Gasteiger partial charge is 0.267 e. The first-order valence-electron chi connectivity index (χ1n) is 9.79. The first-order valence-corrected chi connectivity index (χ1v) is 9.79. The minimum absolute atomic E-state index is 0.117. The number of rotatable bonds is 5. The van der Waals surface area contributed by atoms with Crippen LogP contribution in [0.5, 0.6) is 11.5 Å². The summed E-state index contributed by atoms with van der Waals surface area (Å²) < 4.78 is 11.8. The van der Waals surface area contributed by atoms with Gasteiger partial charge in [0, 0.05) is 23.9 Å². The number of aryl methyl sites for hydroxylation is 1. The van der Waals surface area contributed by atoms with E-state index in [1.807, 2.05) is 30.3 Å². The highest BCUT2D eigenvalue weighted by Crippen LogP contribution is 2.31. The molecule has 0 bridgehead atoms. The summed E-state index contributed by atoms with van der Waals surface area (Å²) in [5, 5.41) is 4.42. The number of fused-ring (bicyclic) bond motifs is 1. The molecule has 3 aromatic rings. The van der Waals surface area contributed by atoms with Crippen LogP contribution in [-0.4, -0.2) is 36.5 Å². The fraction of sp³-hybridized carbons (Fsp3) is 0.261. The molecule has 4 rings (SSSR count). The lowest BCUT2D eigenvalue weighted by Gasteiger charge is -2.29. The summed E-state index contributed by atoms with van der Waals surface area (Å²) in [5.74, 6) is 1.02. The maximum Gasteiger partial charge on any atom is 0.267 e. The van der Waals surface area contributed by atoms with E-state index in [0.29, 0.717) is 23.7 Å². The van der Waals surface area contributed by atoms with Crippen molar-refractivity contribution < 1.29 is 14.3 Å². The summed E-state index contributed by atoms with van der Waals surface area (Å²) in [6.45, 7) is 0.522. The maximum absolute atomic E-state index is 13.0. The Kier molecular flexibility index (Phi) is 5.52. The van der Waals surface area contributed by atoms with Crippen molar-refractivity contribution in [3.63, 3.8) is 0 Å². The summed E-state index contributed by atoms with van der Waals surface area (Å²) >= 11 is 0. The molecule has 2 heterocycles. The average Bonchev–Trinajstić information content (AvgIpc) is 2.79. The molecule has 0 saturated carbocycles. The largest absolute Gasteiger partial charge is 0.493 e. The van der Waals surface area contributed by atoms with Crippen molar-refractivity contribution in [3.05, 3.63) is 70.5 Å². The SMILES string of the molecule is COc1ccc(-c2ccc(=O)n(CC(=O)N3CCCc4ccccc43)n2)cc1OC. The van der Waals surface area contributed by atoms with Gasteiger partial charge in [0.1, 0.15) is 6.54 Å². The molecular formula is C23H23N3O4. The number of carbonyl (C=O) groups is 1. The van der Waals surface area contributed by atoms with Crippen molar-refractivity contribution in [1.82, 2.24) is 9.78 Å². The molecule has 1 aliphatic rings. The highest BCUT2D eigenvalue weighted by molar-refractivity contribution is 5.94. The molecule has 7 nitrogen and oxygen atoms in total. The molecule has 7 heteroatoms. The molecule has 1 amide bonds. The Balaban J connectivity index is 1.62. The molecule has 154 valence electrons. The highest BCUT2D eigenvalue weighted by Gasteiger charge is 2.23. The number of carbonyl (C=O) groups excluding carboxylic acids is 1. The second-order valence-corrected chi connectivity index (χ2v) is 7.06. The van der Waals surface area contributed by atoms with Crippen molar-refractivity contribution in [1.29, 1.82) is 0 Å². The van der Waals surface area contributed by atoms with Crippen LogP contribution in [0.4, 0.5) is 5.69 Å². The van der Waals surface area contributed by atoms with E-state index < -0.39 is 0 Å². The molecular weight excluding hydrogens is 382 g/mol. The van der Waals surface area contributed by atoms with E-state index in [9.17, 15) is 9.59 Å². The van der Waals surface area contributed by atoms with Crippen LogP contribution >= 0.6 is 0 Å². The van der Waals surface area contributed by atoms with Crippen LogP contribution in [0.25, 0.3) is 11.3 Å². The van der Waals surface area contributed by atoms with Gasteiger partial charge < -0.3 is 14.4 Å². The van der Waals surface area contributed by atoms with E-state index in [2.05, 4.69) is 5.10 Å². The monoisotopic (exact) mass is 405 g/mol. The number of hydrogen-bond acceptors (Lipinski definition) is 5. The standard InChI is InChI=1S/C23H23N3O4/c1-29-20-11-9-17(14-21(20)30-2)18-10-12-22(27)26(24-18)15-23(28)25-13-5-7-16-6-3-4-8-19(16)25/h3-4,6,8-12,14H,5,7,13,15H2,1-2H3. The van der Waals surface area contributed by atoms with Gasteiger partial charge in [-0.05, 0) is 48.7 Å². The second-order valence-electron chi connectivity index (χ2n) is 7.06. The summed E-state index contributed by atoms with van der Waals surface area (Å²) in [6, 6.07) is 16.4. The maximum atomic E-state index is 13.0. The van der Waals surface area contributed by atoms with Gasteiger partial charge in [-0.25, -0.2) is 4.68 Å². The zero-order valence-electron chi connectivity index (χ0n) is 17.0. The number of ether oxygens (including phenoxy) is 2. The van der Waals surface area contributed by atoms with Gasteiger partial charge in [0.2, 0.25) is 5.91 Å². The van der Waals surface area contributed by atoms with Gasteiger partial charge in [-0.3, -0.25) is 9.59 Å². The first kappa shape index (κ1) is 19.7. The molecule has 2 aromatic carbocycles. The lowest BCUT2D eigenvalue weighted by molar-refractivity contribution is -0.119. The normalized spacial score (nSPS) is 12.9. The predicted molar refractivity (Wildman–Crippen MR) is 114 cm³/mol. The van der Waals surface area contributed by atoms with Crippen LogP contribution in [0.3, 0.4) is 0 Å². The van der Waals surface area contributed by atoms with Crippen molar-refractivity contribution in [2.24, 2.45) is 0 Å². The minimum Gasteiger partial charge on any atom is -0.493 e. The van der Waals surface area contributed by atoms with Crippen molar-refractivity contribution in [2.45, 2.75) is 19.4 Å². The van der Waals surface area contributed by atoms with Crippen LogP contribution in [0.2, 0.25) is 0 Å². The van der Waals surface area contributed by atoms with Gasteiger partial charge in [0.15, 0.2) is 11.5 Å². The fourth-order valence-electron chi connectivity index (χ4n) is 3.72. The Morgan fingerprint density at radius 1 is 1.03 bits per heavy atom. The molecule has 1 aromatic heterocycles. The van der Waals surface area contributed by atoms with Gasteiger partial charge in [-0.15, -0.1) is 0 Å². The number of para-hydroxylation sites is 1. The van der Waals surface area contributed by atoms with Gasteiger partial charge in [-0.1, -0.05) is 18.2 Å². The molecule has 0 atom stereocenters. The molecule has 0 unspecified atom stereocenters. The zero-order valence-corrected chi connectivity index (χ0v) is 17.0. The van der Waals surface area contributed by atoms with Gasteiger partial charge in [0.05, 0.1) is 19.9 Å². The van der Waals surface area contributed by atoms with E-state index in [0.717, 1.165) is 29.7 Å². The van der Waals surface area contributed by atoms with Crippen molar-refractivity contribution in [2.75, 3.05) is 25.7 Å². The molecule has 0 aliphatic carbocycles. The third-order valence-electron chi connectivity index (χ3n) is 5.24. The quantitative estimate of drug-likeness (QED) is 0.653. The summed E-state index contributed by atoms with van der Waals surface area (Å²) in [6.07, 6.45) is 1.85. The summed E-state index contributed by atoms with van der Waals surface area (Å²) in [5.41, 5.74) is 3.08. The van der Waals surface area contributed by atoms with Crippen LogP contribution in [-0.2, 0) is 17.8 Å². The Hall–Kier alpha value is -3.61. The van der Waals surface area contributed by atoms with Crippen molar-refractivity contribution >= 4 is 11.6 Å². The Bertz CT molecular complexity index is 1140. The number of amides is 1. The molecule has 30 heavy (non-hydrogen) atoms. The molecule has 0 fully saturated rings. The van der Waals surface area contributed by atoms with Crippen LogP contribution in [0.1, 0.15) is 12.0 Å². The lowest BCUT2D eigenvalue weighted by Crippen LogP contribution is -2.40. The molecule has 0 N–H and O–H groups in total. The zero-order chi connectivity index (χ0) is 21.1. The average molecular weight is 405 g/mol. The third-order valence-corrected chi connectivity index (χ3v) is 5.24. The number of nitrogens with zero attached hydrogens (tertiary/aromatic N) is 3. The Morgan fingerprint density at radius 3 is 2.63 bits per heavy atom. The molecule has 0 radical (unpaired) electrons. The molecule has 1 aliphatic heterocycles. The summed E-state index contributed by atoms with van der Waals surface area (Å²) in [7, 11) is 3.13. The van der Waals surface area contributed by atoms with Crippen LogP contribution < -0.4 is 19.9 Å². The van der Waals surface area contributed by atoms with Gasteiger partial charge in [0.25, 0.3) is 5.56 Å². The van der Waals surface area contributed by atoms with Crippen LogP contribution in [0.15, 0.2) is 59.4 Å². The van der Waals surface area contributed by atoms with Gasteiger partial charge in [-0.2, -0.15) is 5.10 Å². The number of hydrogen-bond donors (Lipinski definition) is 0. The first-order chi connectivity index (χ1) is 14.6. The minimum atomic E-state index is -0.321. The number of methoxy groups -OCH3 is 2. The van der Waals surface area contributed by atoms with Crippen LogP contribution in [0, 0.1) is 0 Å². The third kappa shape index (κ3) is 3.78.